The number of aromatic nitrogens is 1. The fourth-order valence-electron chi connectivity index (χ4n) is 10.2. The Morgan fingerprint density at radius 1 is 0.836 bits per heavy atom. The number of anilines is 1. The molecule has 1 aromatic heterocycles. The van der Waals surface area contributed by atoms with Crippen LogP contribution in [0, 0.1) is 11.8 Å². The lowest BCUT2D eigenvalue weighted by molar-refractivity contribution is -0.153. The van der Waals surface area contributed by atoms with Crippen LogP contribution in [0.4, 0.5) is 5.69 Å². The summed E-state index contributed by atoms with van der Waals surface area (Å²) in [7, 11) is 8.60. The van der Waals surface area contributed by atoms with E-state index in [1.54, 1.807) is 28.4 Å². The summed E-state index contributed by atoms with van der Waals surface area (Å²) in [5.74, 6) is 2.77. The van der Waals surface area contributed by atoms with Crippen LogP contribution < -0.4 is 29.2 Å². The largest absolute Gasteiger partial charge is 0.493 e. The summed E-state index contributed by atoms with van der Waals surface area (Å²) >= 11 is 0. The smallest absolute Gasteiger partial charge is 0.225 e. The number of rotatable bonds is 11. The van der Waals surface area contributed by atoms with Crippen LogP contribution in [0.1, 0.15) is 60.9 Å². The fraction of sp³-hybridized carbons (Fsp3) is 0.558. The Balaban J connectivity index is 1.36. The molecule has 2 amide bonds. The van der Waals surface area contributed by atoms with E-state index >= 15 is 0 Å². The minimum absolute atomic E-state index is 0.0914. The standard InChI is InChI=1S/C43H58N6O6/c1-7-46-18-12-29-25-36(52-3)38(54-5)27-33(29)41(46)35-24-31(42(51)48-22-20-47(21-23-48)32-9-16-45-17-10-32)8-14-43(35)34-28-39(55-6)37(53-4)26-30(34)13-19-49(43)40(50)11-15-44-2/h9-10,16-17,25-28,31,35,41,44H,7-8,11-15,18-24H2,1-6H3/t31-,35-,41?,43+/m1/s1. The highest BCUT2D eigenvalue weighted by molar-refractivity contribution is 5.81. The van der Waals surface area contributed by atoms with Crippen molar-refractivity contribution in [3.63, 3.8) is 0 Å². The molecule has 1 unspecified atom stereocenters. The van der Waals surface area contributed by atoms with Gasteiger partial charge in [-0.3, -0.25) is 19.5 Å². The van der Waals surface area contributed by atoms with Crippen LogP contribution in [-0.2, 0) is 28.0 Å². The molecule has 1 saturated heterocycles. The summed E-state index contributed by atoms with van der Waals surface area (Å²) in [5, 5.41) is 3.21. The van der Waals surface area contributed by atoms with Crippen molar-refractivity contribution in [3.8, 4) is 23.0 Å². The summed E-state index contributed by atoms with van der Waals surface area (Å²) in [6, 6.07) is 12.5. The molecule has 4 atom stereocenters. The number of carbonyl (C=O) groups excluding carboxylic acids is 2. The number of carbonyl (C=O) groups is 2. The quantitative estimate of drug-likeness (QED) is 0.297. The molecular weight excluding hydrogens is 697 g/mol. The number of piperazine rings is 1. The van der Waals surface area contributed by atoms with Crippen LogP contribution in [0.2, 0.25) is 0 Å². The summed E-state index contributed by atoms with van der Waals surface area (Å²) < 4.78 is 23.5. The van der Waals surface area contributed by atoms with Gasteiger partial charge in [0.15, 0.2) is 23.0 Å². The first-order valence-corrected chi connectivity index (χ1v) is 19.9. The van der Waals surface area contributed by atoms with Crippen molar-refractivity contribution >= 4 is 17.5 Å². The molecular formula is C43H58N6O6. The Bertz CT molecular complexity index is 1830. The number of hydrogen-bond acceptors (Lipinski definition) is 10. The number of hydrogen-bond donors (Lipinski definition) is 1. The van der Waals surface area contributed by atoms with Crippen molar-refractivity contribution in [1.82, 2.24) is 25.0 Å². The molecule has 4 heterocycles. The SMILES string of the molecule is CCN1CCc2cc(OC)c(OC)cc2C1[C@H]1C[C@H](C(=O)N2CCN(c3ccncc3)CC2)CC[C@]12c1cc(OC)c(OC)cc1CCN2C(=O)CCNC. The topological polar surface area (TPSA) is 109 Å². The van der Waals surface area contributed by atoms with Gasteiger partial charge in [-0.25, -0.2) is 0 Å². The van der Waals surface area contributed by atoms with Crippen LogP contribution in [0.25, 0.3) is 0 Å². The van der Waals surface area contributed by atoms with E-state index in [0.717, 1.165) is 43.9 Å². The molecule has 1 saturated carbocycles. The number of nitrogens with zero attached hydrogens (tertiary/aromatic N) is 5. The number of pyridine rings is 1. The first-order valence-electron chi connectivity index (χ1n) is 19.9. The Morgan fingerprint density at radius 2 is 1.47 bits per heavy atom. The molecule has 1 N–H and O–H groups in total. The van der Waals surface area contributed by atoms with Crippen LogP contribution in [0.3, 0.4) is 0 Å². The molecule has 0 bridgehead atoms. The number of ether oxygens (including phenoxy) is 4. The molecule has 1 aliphatic carbocycles. The molecule has 3 aliphatic heterocycles. The van der Waals surface area contributed by atoms with Crippen molar-refractivity contribution in [2.45, 2.75) is 57.0 Å². The Hall–Kier alpha value is -4.55. The van der Waals surface area contributed by atoms with E-state index in [0.29, 0.717) is 81.3 Å². The number of likely N-dealkylation sites (N-methyl/N-ethyl adjacent to an activating group) is 1. The maximum atomic E-state index is 14.8. The Kier molecular flexibility index (Phi) is 11.7. The van der Waals surface area contributed by atoms with Gasteiger partial charge in [-0.05, 0) is 104 Å². The average molecular weight is 755 g/mol. The molecule has 2 aromatic carbocycles. The molecule has 12 nitrogen and oxygen atoms in total. The third-order valence-corrected chi connectivity index (χ3v) is 12.9. The Labute approximate surface area is 326 Å². The van der Waals surface area contributed by atoms with E-state index in [9.17, 15) is 9.59 Å². The molecule has 4 aliphatic rings. The number of methoxy groups -OCH3 is 4. The van der Waals surface area contributed by atoms with E-state index in [-0.39, 0.29) is 29.7 Å². The first-order chi connectivity index (χ1) is 26.8. The lowest BCUT2D eigenvalue weighted by atomic mass is 9.58. The van der Waals surface area contributed by atoms with Gasteiger partial charge in [-0.2, -0.15) is 0 Å². The number of benzene rings is 2. The van der Waals surface area contributed by atoms with Gasteiger partial charge >= 0.3 is 0 Å². The highest BCUT2D eigenvalue weighted by atomic mass is 16.5. The highest BCUT2D eigenvalue weighted by Gasteiger charge is 2.58. The van der Waals surface area contributed by atoms with E-state index in [1.807, 2.05) is 31.6 Å². The molecule has 0 radical (unpaired) electrons. The zero-order valence-electron chi connectivity index (χ0n) is 33.4. The van der Waals surface area contributed by atoms with E-state index in [2.05, 4.69) is 61.1 Å². The number of nitrogens with one attached hydrogen (secondary N) is 1. The molecule has 7 rings (SSSR count). The zero-order chi connectivity index (χ0) is 38.7. The number of fused-ring (bicyclic) bond motifs is 3. The van der Waals surface area contributed by atoms with Gasteiger partial charge in [0.25, 0.3) is 0 Å². The molecule has 296 valence electrons. The third-order valence-electron chi connectivity index (χ3n) is 12.9. The lowest BCUT2D eigenvalue weighted by Crippen LogP contribution is -2.63. The van der Waals surface area contributed by atoms with Crippen LogP contribution in [0.5, 0.6) is 23.0 Å². The van der Waals surface area contributed by atoms with Crippen LogP contribution >= 0.6 is 0 Å². The van der Waals surface area contributed by atoms with Crippen LogP contribution in [-0.4, -0.2) is 119 Å². The van der Waals surface area contributed by atoms with E-state index in [1.165, 1.54) is 16.7 Å². The first kappa shape index (κ1) is 38.7. The van der Waals surface area contributed by atoms with Gasteiger partial charge in [0.2, 0.25) is 11.8 Å². The van der Waals surface area contributed by atoms with Gasteiger partial charge in [-0.15, -0.1) is 0 Å². The minimum Gasteiger partial charge on any atom is -0.493 e. The lowest BCUT2D eigenvalue weighted by Gasteiger charge is -2.59. The molecule has 55 heavy (non-hydrogen) atoms. The molecule has 3 aromatic rings. The highest BCUT2D eigenvalue weighted by Crippen LogP contribution is 2.59. The van der Waals surface area contributed by atoms with Gasteiger partial charge in [0.05, 0.1) is 34.0 Å². The van der Waals surface area contributed by atoms with Crippen molar-refractivity contribution in [2.75, 3.05) is 92.7 Å². The maximum absolute atomic E-state index is 14.8. The normalized spacial score (nSPS) is 23.9. The van der Waals surface area contributed by atoms with Gasteiger partial charge in [0.1, 0.15) is 0 Å². The van der Waals surface area contributed by atoms with E-state index < -0.39 is 5.54 Å². The van der Waals surface area contributed by atoms with Crippen molar-refractivity contribution in [1.29, 1.82) is 0 Å². The summed E-state index contributed by atoms with van der Waals surface area (Å²) in [5.41, 5.74) is 5.12. The maximum Gasteiger partial charge on any atom is 0.225 e. The van der Waals surface area contributed by atoms with Crippen LogP contribution in [0.15, 0.2) is 48.8 Å². The zero-order valence-corrected chi connectivity index (χ0v) is 33.4. The van der Waals surface area contributed by atoms with Gasteiger partial charge < -0.3 is 39.0 Å². The predicted molar refractivity (Wildman–Crippen MR) is 212 cm³/mol. The van der Waals surface area contributed by atoms with Crippen molar-refractivity contribution in [3.05, 3.63) is 71.0 Å². The van der Waals surface area contributed by atoms with Gasteiger partial charge in [0, 0.05) is 88.2 Å². The monoisotopic (exact) mass is 754 g/mol. The summed E-state index contributed by atoms with van der Waals surface area (Å²) in [6.07, 6.45) is 7.60. The number of amides is 2. The van der Waals surface area contributed by atoms with E-state index in [4.69, 9.17) is 18.9 Å². The minimum atomic E-state index is -0.700. The second-order valence-corrected chi connectivity index (χ2v) is 15.3. The van der Waals surface area contributed by atoms with Gasteiger partial charge in [-0.1, -0.05) is 6.92 Å². The summed E-state index contributed by atoms with van der Waals surface area (Å²) in [4.78, 5) is 42.8. The molecule has 2 fully saturated rings. The molecule has 1 spiro atoms. The fourth-order valence-corrected chi connectivity index (χ4v) is 10.2. The third kappa shape index (κ3) is 7.07. The van der Waals surface area contributed by atoms with Crippen molar-refractivity contribution in [2.24, 2.45) is 11.8 Å². The average Bonchev–Trinajstić information content (AvgIpc) is 3.24. The van der Waals surface area contributed by atoms with Crippen molar-refractivity contribution < 1.29 is 28.5 Å². The molecule has 12 heteroatoms. The predicted octanol–water partition coefficient (Wildman–Crippen LogP) is 4.69. The second-order valence-electron chi connectivity index (χ2n) is 15.3. The second kappa shape index (κ2) is 16.7. The Morgan fingerprint density at radius 3 is 2.13 bits per heavy atom. The summed E-state index contributed by atoms with van der Waals surface area (Å²) in [6.45, 7) is 7.99.